The zero-order chi connectivity index (χ0) is 14.6. The maximum Gasteiger partial charge on any atom is 0.00957 e. The van der Waals surface area contributed by atoms with Gasteiger partial charge < -0.3 is 5.32 Å². The van der Waals surface area contributed by atoms with Crippen molar-refractivity contribution in [2.75, 3.05) is 13.1 Å². The first-order valence-corrected chi connectivity index (χ1v) is 8.79. The molecule has 3 aliphatic rings. The number of benzene rings is 2. The molecule has 2 aromatic carbocycles. The molecule has 2 aromatic rings. The molecule has 1 saturated carbocycles. The van der Waals surface area contributed by atoms with Crippen molar-refractivity contribution < 1.29 is 0 Å². The summed E-state index contributed by atoms with van der Waals surface area (Å²) in [5, 5.41) is 3.57. The minimum Gasteiger partial charge on any atom is -0.316 e. The lowest BCUT2D eigenvalue weighted by atomic mass is 9.81. The third-order valence-electron chi connectivity index (χ3n) is 6.08. The van der Waals surface area contributed by atoms with Gasteiger partial charge in [-0.15, -0.1) is 0 Å². The van der Waals surface area contributed by atoms with Crippen molar-refractivity contribution in [3.63, 3.8) is 0 Å². The lowest BCUT2D eigenvalue weighted by Crippen LogP contribution is -2.25. The maximum atomic E-state index is 3.57. The average Bonchev–Trinajstić information content (AvgIpc) is 3.22. The number of hydrogen-bond acceptors (Lipinski definition) is 1. The van der Waals surface area contributed by atoms with E-state index in [4.69, 9.17) is 0 Å². The summed E-state index contributed by atoms with van der Waals surface area (Å²) in [5.41, 5.74) is 8.15. The smallest absolute Gasteiger partial charge is 0.00957 e. The predicted molar refractivity (Wildman–Crippen MR) is 91.3 cm³/mol. The summed E-state index contributed by atoms with van der Waals surface area (Å²) in [6, 6.07) is 16.4. The lowest BCUT2D eigenvalue weighted by molar-refractivity contribution is 0.468. The minimum atomic E-state index is 0.448. The molecule has 1 heterocycles. The van der Waals surface area contributed by atoms with E-state index < -0.39 is 0 Å². The number of fused-ring (bicyclic) bond motifs is 2. The van der Waals surface area contributed by atoms with E-state index in [-0.39, 0.29) is 0 Å². The molecule has 0 radical (unpaired) electrons. The topological polar surface area (TPSA) is 12.0 Å². The Balaban J connectivity index is 1.58. The van der Waals surface area contributed by atoms with Crippen molar-refractivity contribution in [1.29, 1.82) is 0 Å². The first-order valence-electron chi connectivity index (χ1n) is 8.79. The summed E-state index contributed by atoms with van der Waals surface area (Å²) in [7, 11) is 0. The molecule has 0 bridgehead atoms. The van der Waals surface area contributed by atoms with Gasteiger partial charge in [-0.2, -0.15) is 0 Å². The molecule has 2 fully saturated rings. The molecule has 1 unspecified atom stereocenters. The normalized spacial score (nSPS) is 26.5. The van der Waals surface area contributed by atoms with Gasteiger partial charge in [-0.3, -0.25) is 0 Å². The van der Waals surface area contributed by atoms with Crippen LogP contribution in [0.25, 0.3) is 11.1 Å². The van der Waals surface area contributed by atoms with Crippen molar-refractivity contribution in [3.05, 3.63) is 59.2 Å². The second kappa shape index (κ2) is 4.70. The SMILES string of the molecule is c1ccc(C2CC2)c(-c2ccc3c(c2)CCC32CCNC2)c1. The van der Waals surface area contributed by atoms with E-state index in [2.05, 4.69) is 47.8 Å². The van der Waals surface area contributed by atoms with Crippen LogP contribution in [0.1, 0.15) is 48.3 Å². The molecule has 2 aliphatic carbocycles. The van der Waals surface area contributed by atoms with Crippen LogP contribution in [-0.4, -0.2) is 13.1 Å². The Bertz CT molecular complexity index is 720. The van der Waals surface area contributed by atoms with Crippen molar-refractivity contribution in [3.8, 4) is 11.1 Å². The highest BCUT2D eigenvalue weighted by Gasteiger charge is 2.40. The zero-order valence-corrected chi connectivity index (χ0v) is 13.1. The maximum absolute atomic E-state index is 3.57. The van der Waals surface area contributed by atoms with Crippen LogP contribution in [0.4, 0.5) is 0 Å². The van der Waals surface area contributed by atoms with Gasteiger partial charge in [0.1, 0.15) is 0 Å². The van der Waals surface area contributed by atoms with Crippen LogP contribution >= 0.6 is 0 Å². The quantitative estimate of drug-likeness (QED) is 0.863. The van der Waals surface area contributed by atoms with Crippen LogP contribution in [0.3, 0.4) is 0 Å². The fourth-order valence-electron chi connectivity index (χ4n) is 4.69. The molecule has 22 heavy (non-hydrogen) atoms. The lowest BCUT2D eigenvalue weighted by Gasteiger charge is -2.23. The van der Waals surface area contributed by atoms with Crippen LogP contribution in [0.15, 0.2) is 42.5 Å². The van der Waals surface area contributed by atoms with Crippen molar-refractivity contribution >= 4 is 0 Å². The molecule has 112 valence electrons. The standard InChI is InChI=1S/C21H23N/c1-2-4-19(18(3-1)15-5-6-15)16-7-8-20-17(13-16)9-10-21(20)11-12-22-14-21/h1-4,7-8,13,15,22H,5-6,9-12,14H2. The first kappa shape index (κ1) is 12.9. The number of rotatable bonds is 2. The third kappa shape index (κ3) is 1.88. The molecule has 5 rings (SSSR count). The van der Waals surface area contributed by atoms with Crippen molar-refractivity contribution in [1.82, 2.24) is 5.32 Å². The van der Waals surface area contributed by atoms with Crippen LogP contribution in [0, 0.1) is 0 Å². The zero-order valence-electron chi connectivity index (χ0n) is 13.1. The van der Waals surface area contributed by atoms with Gasteiger partial charge in [0.05, 0.1) is 0 Å². The Morgan fingerprint density at radius 2 is 1.91 bits per heavy atom. The van der Waals surface area contributed by atoms with Gasteiger partial charge in [0.25, 0.3) is 0 Å². The predicted octanol–water partition coefficient (Wildman–Crippen LogP) is 4.41. The van der Waals surface area contributed by atoms with Gasteiger partial charge in [-0.05, 0) is 72.4 Å². The van der Waals surface area contributed by atoms with Crippen molar-refractivity contribution in [2.24, 2.45) is 0 Å². The Hall–Kier alpha value is -1.60. The highest BCUT2D eigenvalue weighted by Crippen LogP contribution is 2.47. The highest BCUT2D eigenvalue weighted by molar-refractivity contribution is 5.70. The molecule has 0 amide bonds. The summed E-state index contributed by atoms with van der Waals surface area (Å²) in [4.78, 5) is 0. The summed E-state index contributed by atoms with van der Waals surface area (Å²) in [6.45, 7) is 2.36. The summed E-state index contributed by atoms with van der Waals surface area (Å²) in [5.74, 6) is 0.815. The van der Waals surface area contributed by atoms with Gasteiger partial charge in [0.2, 0.25) is 0 Å². The van der Waals surface area contributed by atoms with E-state index in [1.807, 2.05) is 0 Å². The Labute approximate surface area is 132 Å². The monoisotopic (exact) mass is 289 g/mol. The Kier molecular flexibility index (Phi) is 2.75. The summed E-state index contributed by atoms with van der Waals surface area (Å²) < 4.78 is 0. The molecular weight excluding hydrogens is 266 g/mol. The molecule has 1 heteroatoms. The molecule has 1 atom stereocenters. The van der Waals surface area contributed by atoms with Crippen LogP contribution < -0.4 is 5.32 Å². The highest BCUT2D eigenvalue weighted by atomic mass is 14.9. The van der Waals surface area contributed by atoms with Gasteiger partial charge >= 0.3 is 0 Å². The van der Waals surface area contributed by atoms with Crippen LogP contribution in [-0.2, 0) is 11.8 Å². The molecule has 1 N–H and O–H groups in total. The average molecular weight is 289 g/mol. The summed E-state index contributed by atoms with van der Waals surface area (Å²) >= 11 is 0. The van der Waals surface area contributed by atoms with E-state index in [0.29, 0.717) is 5.41 Å². The molecule has 1 spiro atoms. The second-order valence-corrected chi connectivity index (χ2v) is 7.44. The van der Waals surface area contributed by atoms with E-state index in [0.717, 1.165) is 5.92 Å². The van der Waals surface area contributed by atoms with E-state index in [1.54, 1.807) is 16.7 Å². The largest absolute Gasteiger partial charge is 0.316 e. The Morgan fingerprint density at radius 3 is 2.73 bits per heavy atom. The fraction of sp³-hybridized carbons (Fsp3) is 0.429. The van der Waals surface area contributed by atoms with E-state index >= 15 is 0 Å². The molecule has 1 aliphatic heterocycles. The van der Waals surface area contributed by atoms with Gasteiger partial charge in [0.15, 0.2) is 0 Å². The molecule has 1 saturated heterocycles. The van der Waals surface area contributed by atoms with Gasteiger partial charge in [-0.1, -0.05) is 42.5 Å². The minimum absolute atomic E-state index is 0.448. The van der Waals surface area contributed by atoms with E-state index in [1.165, 1.54) is 56.3 Å². The van der Waals surface area contributed by atoms with E-state index in [9.17, 15) is 0 Å². The summed E-state index contributed by atoms with van der Waals surface area (Å²) in [6.07, 6.45) is 6.66. The van der Waals surface area contributed by atoms with Gasteiger partial charge in [-0.25, -0.2) is 0 Å². The Morgan fingerprint density at radius 1 is 1.00 bits per heavy atom. The first-order chi connectivity index (χ1) is 10.9. The van der Waals surface area contributed by atoms with Crippen LogP contribution in [0.5, 0.6) is 0 Å². The molecule has 0 aromatic heterocycles. The molecule has 1 nitrogen and oxygen atoms in total. The number of nitrogens with one attached hydrogen (secondary N) is 1. The van der Waals surface area contributed by atoms with Crippen molar-refractivity contribution in [2.45, 2.75) is 43.4 Å². The number of aryl methyl sites for hydroxylation is 1. The van der Waals surface area contributed by atoms with Gasteiger partial charge in [0, 0.05) is 12.0 Å². The second-order valence-electron chi connectivity index (χ2n) is 7.44. The fourth-order valence-corrected chi connectivity index (χ4v) is 4.69. The molecular formula is C21H23N. The van der Waals surface area contributed by atoms with Crippen LogP contribution in [0.2, 0.25) is 0 Å². The third-order valence-corrected chi connectivity index (χ3v) is 6.08. The number of hydrogen-bond donors (Lipinski definition) is 1.